The molecule has 5 rings (SSSR count). The zero-order valence-corrected chi connectivity index (χ0v) is 21.6. The molecule has 0 saturated carbocycles. The minimum atomic E-state index is -3.44. The average Bonchev–Trinajstić information content (AvgIpc) is 3.48. The van der Waals surface area contributed by atoms with E-state index in [2.05, 4.69) is 10.3 Å². The van der Waals surface area contributed by atoms with Crippen molar-refractivity contribution in [3.63, 3.8) is 0 Å². The Morgan fingerprint density at radius 2 is 1.79 bits per heavy atom. The second-order valence-electron chi connectivity index (χ2n) is 9.63. The van der Waals surface area contributed by atoms with Gasteiger partial charge in [0.15, 0.2) is 9.84 Å². The van der Waals surface area contributed by atoms with Crippen LogP contribution in [0.4, 0.5) is 20.3 Å². The third-order valence-corrected chi connectivity index (χ3v) is 8.08. The second kappa shape index (κ2) is 9.79. The van der Waals surface area contributed by atoms with Crippen molar-refractivity contribution in [1.29, 1.82) is 0 Å². The van der Waals surface area contributed by atoms with Crippen molar-refractivity contribution in [3.05, 3.63) is 83.1 Å². The van der Waals surface area contributed by atoms with Crippen molar-refractivity contribution in [3.8, 4) is 0 Å². The van der Waals surface area contributed by atoms with E-state index in [0.29, 0.717) is 34.7 Å². The van der Waals surface area contributed by atoms with Crippen molar-refractivity contribution >= 4 is 33.2 Å². The predicted octanol–water partition coefficient (Wildman–Crippen LogP) is 4.15. The van der Waals surface area contributed by atoms with E-state index in [0.717, 1.165) is 25.2 Å². The summed E-state index contributed by atoms with van der Waals surface area (Å²) in [5.74, 6) is -1.41. The molecule has 1 fully saturated rings. The smallest absolute Gasteiger partial charge is 0.251 e. The average molecular weight is 541 g/mol. The number of halogens is 2. The number of nitrogens with zero attached hydrogens (tertiary/aromatic N) is 3. The minimum Gasteiger partial charge on any atom is -0.350 e. The lowest BCUT2D eigenvalue weighted by Crippen LogP contribution is -2.35. The highest BCUT2D eigenvalue weighted by molar-refractivity contribution is 7.90. The molecule has 0 unspecified atom stereocenters. The molecule has 0 radical (unpaired) electrons. The molecule has 1 N–H and O–H groups in total. The summed E-state index contributed by atoms with van der Waals surface area (Å²) in [4.78, 5) is 33.6. The number of amides is 2. The summed E-state index contributed by atoms with van der Waals surface area (Å²) in [6.07, 6.45) is 4.17. The SMILES string of the molecule is CC(=O)N1Cc2cc(S(C)(=O)=O)ccc2[C@@H]1C(=O)Nc1ccc(N2CCC[C@H]2c2cc(F)cc(F)c2)nc1. The van der Waals surface area contributed by atoms with Crippen LogP contribution in [0, 0.1) is 11.6 Å². The van der Waals surface area contributed by atoms with E-state index in [-0.39, 0.29) is 23.4 Å². The first-order chi connectivity index (χ1) is 18.0. The first kappa shape index (κ1) is 25.8. The van der Waals surface area contributed by atoms with Gasteiger partial charge in [-0.15, -0.1) is 0 Å². The van der Waals surface area contributed by atoms with E-state index >= 15 is 0 Å². The molecule has 8 nitrogen and oxygen atoms in total. The first-order valence-corrected chi connectivity index (χ1v) is 14.0. The Morgan fingerprint density at radius 1 is 1.05 bits per heavy atom. The lowest BCUT2D eigenvalue weighted by molar-refractivity contribution is -0.136. The maximum atomic E-state index is 13.8. The molecule has 0 bridgehead atoms. The second-order valence-corrected chi connectivity index (χ2v) is 11.6. The van der Waals surface area contributed by atoms with Crippen LogP contribution in [0.3, 0.4) is 0 Å². The molecule has 0 spiro atoms. The Morgan fingerprint density at radius 3 is 2.42 bits per heavy atom. The molecular formula is C27H26F2N4O4S. The standard InChI is InChI=1S/C27H26F2N4O4S/c1-16(34)33-15-18-12-22(38(2,36)37)6-7-23(18)26(33)27(35)31-21-5-8-25(30-14-21)32-9-3-4-24(32)17-10-19(28)13-20(29)11-17/h5-8,10-14,24,26H,3-4,9,15H2,1-2H3,(H,31,35)/t24-,26+/m0/s1. The van der Waals surface area contributed by atoms with E-state index in [9.17, 15) is 26.8 Å². The Hall–Kier alpha value is -3.86. The number of fused-ring (bicyclic) bond motifs is 1. The monoisotopic (exact) mass is 540 g/mol. The van der Waals surface area contributed by atoms with Gasteiger partial charge in [0.2, 0.25) is 5.91 Å². The Bertz CT molecular complexity index is 1510. The number of hydrogen-bond donors (Lipinski definition) is 1. The highest BCUT2D eigenvalue weighted by atomic mass is 32.2. The summed E-state index contributed by atoms with van der Waals surface area (Å²) in [6, 6.07) is 10.3. The van der Waals surface area contributed by atoms with E-state index in [1.807, 2.05) is 4.90 Å². The maximum Gasteiger partial charge on any atom is 0.251 e. The first-order valence-electron chi connectivity index (χ1n) is 12.1. The quantitative estimate of drug-likeness (QED) is 0.522. The zero-order chi connectivity index (χ0) is 27.2. The van der Waals surface area contributed by atoms with Crippen molar-refractivity contribution in [2.75, 3.05) is 23.0 Å². The van der Waals surface area contributed by atoms with Gasteiger partial charge in [0.25, 0.3) is 5.91 Å². The molecule has 3 aromatic rings. The fourth-order valence-electron chi connectivity index (χ4n) is 5.23. The van der Waals surface area contributed by atoms with Gasteiger partial charge < -0.3 is 15.1 Å². The number of aromatic nitrogens is 1. The van der Waals surface area contributed by atoms with Gasteiger partial charge in [-0.25, -0.2) is 22.2 Å². The van der Waals surface area contributed by atoms with Crippen LogP contribution < -0.4 is 10.2 Å². The third kappa shape index (κ3) is 4.98. The number of carbonyl (C=O) groups excluding carboxylic acids is 2. The molecule has 3 heterocycles. The van der Waals surface area contributed by atoms with Gasteiger partial charge in [0, 0.05) is 32.3 Å². The lowest BCUT2D eigenvalue weighted by atomic mass is 10.0. The number of anilines is 2. The molecule has 11 heteroatoms. The molecule has 198 valence electrons. The highest BCUT2D eigenvalue weighted by Gasteiger charge is 2.38. The molecule has 2 aromatic carbocycles. The van der Waals surface area contributed by atoms with E-state index in [1.165, 1.54) is 42.3 Å². The number of pyridine rings is 1. The van der Waals surface area contributed by atoms with Crippen LogP contribution in [-0.2, 0) is 26.0 Å². The van der Waals surface area contributed by atoms with Crippen molar-refractivity contribution in [1.82, 2.24) is 9.88 Å². The number of rotatable bonds is 5. The van der Waals surface area contributed by atoms with Gasteiger partial charge in [0.1, 0.15) is 23.5 Å². The Balaban J connectivity index is 1.35. The molecule has 0 aliphatic carbocycles. The van der Waals surface area contributed by atoms with E-state index in [4.69, 9.17) is 0 Å². The summed E-state index contributed by atoms with van der Waals surface area (Å²) >= 11 is 0. The Labute approximate surface area is 219 Å². The highest BCUT2D eigenvalue weighted by Crippen LogP contribution is 2.38. The number of hydrogen-bond acceptors (Lipinski definition) is 6. The van der Waals surface area contributed by atoms with Gasteiger partial charge in [-0.05, 0) is 65.9 Å². The van der Waals surface area contributed by atoms with Gasteiger partial charge >= 0.3 is 0 Å². The number of sulfone groups is 1. The van der Waals surface area contributed by atoms with Crippen LogP contribution in [0.5, 0.6) is 0 Å². The fraction of sp³-hybridized carbons (Fsp3) is 0.296. The normalized spacial score (nSPS) is 18.9. The molecule has 1 saturated heterocycles. The van der Waals surface area contributed by atoms with Crippen molar-refractivity contribution < 1.29 is 26.8 Å². The van der Waals surface area contributed by atoms with E-state index in [1.54, 1.807) is 18.2 Å². The summed E-state index contributed by atoms with van der Waals surface area (Å²) in [6.45, 7) is 2.15. The minimum absolute atomic E-state index is 0.125. The summed E-state index contributed by atoms with van der Waals surface area (Å²) in [7, 11) is -3.44. The molecule has 2 amide bonds. The molecule has 1 aromatic heterocycles. The Kier molecular flexibility index (Phi) is 6.64. The maximum absolute atomic E-state index is 13.8. The summed E-state index contributed by atoms with van der Waals surface area (Å²) in [5.41, 5.74) is 2.13. The van der Waals surface area contributed by atoms with Crippen LogP contribution in [-0.4, -0.2) is 42.9 Å². The van der Waals surface area contributed by atoms with Gasteiger partial charge in [-0.2, -0.15) is 0 Å². The van der Waals surface area contributed by atoms with Crippen LogP contribution in [0.2, 0.25) is 0 Å². The molecule has 38 heavy (non-hydrogen) atoms. The molecule has 2 atom stereocenters. The molecule has 2 aliphatic rings. The van der Waals surface area contributed by atoms with Crippen LogP contribution >= 0.6 is 0 Å². The number of benzene rings is 2. The van der Waals surface area contributed by atoms with Gasteiger partial charge in [-0.1, -0.05) is 6.07 Å². The third-order valence-electron chi connectivity index (χ3n) is 6.97. The number of carbonyl (C=O) groups is 2. The van der Waals surface area contributed by atoms with Gasteiger partial charge in [-0.3, -0.25) is 9.59 Å². The fourth-order valence-corrected chi connectivity index (χ4v) is 5.90. The summed E-state index contributed by atoms with van der Waals surface area (Å²) < 4.78 is 51.5. The summed E-state index contributed by atoms with van der Waals surface area (Å²) in [5, 5.41) is 2.80. The molecule has 2 aliphatic heterocycles. The topological polar surface area (TPSA) is 99.7 Å². The van der Waals surface area contributed by atoms with Crippen LogP contribution in [0.1, 0.15) is 48.5 Å². The molecular weight excluding hydrogens is 514 g/mol. The predicted molar refractivity (Wildman–Crippen MR) is 137 cm³/mol. The van der Waals surface area contributed by atoms with Gasteiger partial charge in [0.05, 0.1) is 22.8 Å². The van der Waals surface area contributed by atoms with Crippen molar-refractivity contribution in [2.24, 2.45) is 0 Å². The lowest BCUT2D eigenvalue weighted by Gasteiger charge is -2.26. The number of nitrogens with one attached hydrogen (secondary N) is 1. The largest absolute Gasteiger partial charge is 0.350 e. The zero-order valence-electron chi connectivity index (χ0n) is 20.8. The van der Waals surface area contributed by atoms with Crippen molar-refractivity contribution in [2.45, 2.75) is 43.3 Å². The van der Waals surface area contributed by atoms with Crippen LogP contribution in [0.15, 0.2) is 59.6 Å². The van der Waals surface area contributed by atoms with Crippen LogP contribution in [0.25, 0.3) is 0 Å². The van der Waals surface area contributed by atoms with E-state index < -0.39 is 33.4 Å².